The second-order valence-corrected chi connectivity index (χ2v) is 10.1. The Bertz CT molecular complexity index is 1310. The maximum Gasteiger partial charge on any atom is 0.407 e. The molecule has 3 aromatic heterocycles. The molecule has 1 aliphatic heterocycles. The molecule has 1 amide bonds. The molecule has 1 N–H and O–H groups in total. The summed E-state index contributed by atoms with van der Waals surface area (Å²) in [5.74, 6) is -0.126. The first-order valence-electron chi connectivity index (χ1n) is 12.6. The van der Waals surface area contributed by atoms with Crippen molar-refractivity contribution in [2.45, 2.75) is 65.1 Å². The van der Waals surface area contributed by atoms with Crippen LogP contribution in [0.3, 0.4) is 0 Å². The van der Waals surface area contributed by atoms with Crippen molar-refractivity contribution in [2.75, 3.05) is 24.7 Å². The van der Waals surface area contributed by atoms with Gasteiger partial charge in [0.25, 0.3) is 0 Å². The van der Waals surface area contributed by atoms with Crippen LogP contribution in [0.25, 0.3) is 5.65 Å². The molecule has 0 saturated carbocycles. The van der Waals surface area contributed by atoms with Crippen molar-refractivity contribution in [1.82, 2.24) is 24.9 Å². The second-order valence-electron chi connectivity index (χ2n) is 10.1. The van der Waals surface area contributed by atoms with Crippen molar-refractivity contribution < 1.29 is 28.2 Å². The summed E-state index contributed by atoms with van der Waals surface area (Å²) in [6.45, 7) is 9.88. The summed E-state index contributed by atoms with van der Waals surface area (Å²) < 4.78 is 32.2. The number of nitrogens with one attached hydrogen (secondary N) is 1. The zero-order valence-corrected chi connectivity index (χ0v) is 22.2. The predicted octanol–water partition coefficient (Wildman–Crippen LogP) is 4.07. The standard InChI is InChI=1S/C26H33FN6O5/c1-6-36-24(34)20-14-28-21-9-10-22(31-33(20)21)32-11-7-8-19(32)18-12-17(27)13-29-23(18)37-15-16(2)30-25(35)38-26(3,4)5/h9-10,12-14,16,19H,6-8,11,15H2,1-5H3,(H,30,35)/t16-,19?/m0/s1. The molecule has 1 fully saturated rings. The van der Waals surface area contributed by atoms with Gasteiger partial charge in [-0.3, -0.25) is 0 Å². The topological polar surface area (TPSA) is 120 Å². The van der Waals surface area contributed by atoms with Gasteiger partial charge in [-0.05, 0) is 65.7 Å². The lowest BCUT2D eigenvalue weighted by Gasteiger charge is -2.27. The molecule has 4 rings (SSSR count). The number of pyridine rings is 1. The van der Waals surface area contributed by atoms with E-state index in [-0.39, 0.29) is 36.9 Å². The Labute approximate surface area is 220 Å². The normalized spacial score (nSPS) is 16.4. The number of imidazole rings is 1. The highest BCUT2D eigenvalue weighted by molar-refractivity contribution is 5.88. The highest BCUT2D eigenvalue weighted by atomic mass is 19.1. The molecule has 0 radical (unpaired) electrons. The molecule has 1 unspecified atom stereocenters. The molecule has 12 heteroatoms. The van der Waals surface area contributed by atoms with Crippen molar-refractivity contribution in [3.05, 3.63) is 47.7 Å². The number of carbonyl (C=O) groups excluding carboxylic acids is 2. The molecule has 3 aromatic rings. The van der Waals surface area contributed by atoms with Crippen LogP contribution in [0.5, 0.6) is 5.88 Å². The van der Waals surface area contributed by atoms with Crippen LogP contribution in [-0.2, 0) is 9.47 Å². The minimum Gasteiger partial charge on any atom is -0.475 e. The first-order valence-corrected chi connectivity index (χ1v) is 12.6. The average Bonchev–Trinajstić information content (AvgIpc) is 3.49. The predicted molar refractivity (Wildman–Crippen MR) is 137 cm³/mol. The first kappa shape index (κ1) is 27.1. The molecule has 11 nitrogen and oxygen atoms in total. The summed E-state index contributed by atoms with van der Waals surface area (Å²) >= 11 is 0. The number of aromatic nitrogens is 4. The van der Waals surface area contributed by atoms with Crippen LogP contribution in [0.1, 0.15) is 69.6 Å². The van der Waals surface area contributed by atoms with Crippen molar-refractivity contribution in [1.29, 1.82) is 0 Å². The van der Waals surface area contributed by atoms with E-state index in [9.17, 15) is 14.0 Å². The van der Waals surface area contributed by atoms with Gasteiger partial charge in [-0.15, -0.1) is 5.10 Å². The van der Waals surface area contributed by atoms with E-state index in [1.807, 2.05) is 11.0 Å². The fraction of sp³-hybridized carbons (Fsp3) is 0.500. The minimum absolute atomic E-state index is 0.111. The molecule has 2 atom stereocenters. The van der Waals surface area contributed by atoms with E-state index in [4.69, 9.17) is 14.2 Å². The lowest BCUT2D eigenvalue weighted by atomic mass is 10.1. The Kier molecular flexibility index (Phi) is 7.98. The zero-order valence-electron chi connectivity index (χ0n) is 22.2. The van der Waals surface area contributed by atoms with Crippen LogP contribution < -0.4 is 15.0 Å². The summed E-state index contributed by atoms with van der Waals surface area (Å²) in [6.07, 6.45) is 3.55. The Balaban J connectivity index is 1.54. The van der Waals surface area contributed by atoms with Gasteiger partial charge in [0.15, 0.2) is 11.3 Å². The number of hydrogen-bond donors (Lipinski definition) is 1. The Morgan fingerprint density at radius 2 is 2.03 bits per heavy atom. The van der Waals surface area contributed by atoms with E-state index in [0.29, 0.717) is 23.6 Å². The molecule has 0 aliphatic carbocycles. The van der Waals surface area contributed by atoms with Crippen molar-refractivity contribution in [3.63, 3.8) is 0 Å². The third-order valence-corrected chi connectivity index (χ3v) is 5.82. The molecule has 0 spiro atoms. The number of anilines is 1. The lowest BCUT2D eigenvalue weighted by molar-refractivity contribution is 0.0489. The third kappa shape index (κ3) is 6.29. The van der Waals surface area contributed by atoms with Crippen LogP contribution in [0.2, 0.25) is 0 Å². The fourth-order valence-corrected chi connectivity index (χ4v) is 4.28. The second kappa shape index (κ2) is 11.2. The molecule has 204 valence electrons. The number of amides is 1. The molecule has 4 heterocycles. The third-order valence-electron chi connectivity index (χ3n) is 5.82. The Morgan fingerprint density at radius 3 is 2.76 bits per heavy atom. The van der Waals surface area contributed by atoms with E-state index >= 15 is 0 Å². The van der Waals surface area contributed by atoms with E-state index in [1.165, 1.54) is 16.8 Å². The maximum absolute atomic E-state index is 14.3. The number of carbonyl (C=O) groups is 2. The molecular weight excluding hydrogens is 495 g/mol. The quantitative estimate of drug-likeness (QED) is 0.431. The monoisotopic (exact) mass is 528 g/mol. The summed E-state index contributed by atoms with van der Waals surface area (Å²) in [6, 6.07) is 4.36. The SMILES string of the molecule is CCOC(=O)c1cnc2ccc(N3CCCC3c3cc(F)cnc3OC[C@H](C)NC(=O)OC(C)(C)C)nn12. The number of hydrogen-bond acceptors (Lipinski definition) is 9. The molecule has 1 aliphatic rings. The molecule has 0 aromatic carbocycles. The molecule has 1 saturated heterocycles. The van der Waals surface area contributed by atoms with Crippen LogP contribution in [0.15, 0.2) is 30.6 Å². The number of rotatable bonds is 8. The van der Waals surface area contributed by atoms with Gasteiger partial charge in [0.05, 0.1) is 31.1 Å². The van der Waals surface area contributed by atoms with E-state index in [2.05, 4.69) is 20.4 Å². The van der Waals surface area contributed by atoms with Crippen LogP contribution in [0, 0.1) is 5.82 Å². The number of ether oxygens (including phenoxy) is 3. The summed E-state index contributed by atoms with van der Waals surface area (Å²) in [7, 11) is 0. The van der Waals surface area contributed by atoms with Crippen molar-refractivity contribution in [3.8, 4) is 5.88 Å². The van der Waals surface area contributed by atoms with Gasteiger partial charge in [-0.25, -0.2) is 28.5 Å². The average molecular weight is 529 g/mol. The number of nitrogens with zero attached hydrogens (tertiary/aromatic N) is 5. The number of fused-ring (bicyclic) bond motifs is 1. The van der Waals surface area contributed by atoms with E-state index in [0.717, 1.165) is 19.0 Å². The van der Waals surface area contributed by atoms with Gasteiger partial charge in [-0.2, -0.15) is 0 Å². The molecule has 0 bridgehead atoms. The fourth-order valence-electron chi connectivity index (χ4n) is 4.28. The molecule has 38 heavy (non-hydrogen) atoms. The summed E-state index contributed by atoms with van der Waals surface area (Å²) in [5, 5.41) is 7.37. The van der Waals surface area contributed by atoms with E-state index in [1.54, 1.807) is 40.7 Å². The minimum atomic E-state index is -0.618. The smallest absolute Gasteiger partial charge is 0.407 e. The van der Waals surface area contributed by atoms with Crippen molar-refractivity contribution >= 4 is 23.5 Å². The van der Waals surface area contributed by atoms with Gasteiger partial charge in [0, 0.05) is 12.1 Å². The van der Waals surface area contributed by atoms with Crippen LogP contribution in [0.4, 0.5) is 15.0 Å². The van der Waals surface area contributed by atoms with Gasteiger partial charge in [0.2, 0.25) is 5.88 Å². The molecular formula is C26H33FN6O5. The van der Waals surface area contributed by atoms with Crippen LogP contribution >= 0.6 is 0 Å². The van der Waals surface area contributed by atoms with Crippen LogP contribution in [-0.4, -0.2) is 63.0 Å². The zero-order chi connectivity index (χ0) is 27.4. The van der Waals surface area contributed by atoms with Crippen molar-refractivity contribution in [2.24, 2.45) is 0 Å². The first-order chi connectivity index (χ1) is 18.1. The summed E-state index contributed by atoms with van der Waals surface area (Å²) in [5.41, 5.74) is 0.690. The summed E-state index contributed by atoms with van der Waals surface area (Å²) in [4.78, 5) is 34.9. The largest absolute Gasteiger partial charge is 0.475 e. The van der Waals surface area contributed by atoms with Gasteiger partial charge >= 0.3 is 12.1 Å². The van der Waals surface area contributed by atoms with Gasteiger partial charge in [-0.1, -0.05) is 0 Å². The maximum atomic E-state index is 14.3. The number of alkyl carbamates (subject to hydrolysis) is 1. The highest BCUT2D eigenvalue weighted by Crippen LogP contribution is 2.39. The Morgan fingerprint density at radius 1 is 1.24 bits per heavy atom. The number of halogens is 1. The Hall–Kier alpha value is -3.96. The van der Waals surface area contributed by atoms with Gasteiger partial charge < -0.3 is 24.4 Å². The lowest BCUT2D eigenvalue weighted by Crippen LogP contribution is -2.40. The highest BCUT2D eigenvalue weighted by Gasteiger charge is 2.31. The number of esters is 1. The van der Waals surface area contributed by atoms with E-state index < -0.39 is 23.5 Å². The van der Waals surface area contributed by atoms with Gasteiger partial charge in [0.1, 0.15) is 23.8 Å².